The molecule has 0 atom stereocenters. The number of thiophene rings is 1. The molecule has 49 heavy (non-hydrogen) atoms. The minimum atomic E-state index is -1.27. The molecule has 2 nitrogen and oxygen atoms in total. The van der Waals surface area contributed by atoms with Gasteiger partial charge in [0, 0.05) is 37.2 Å². The number of rotatable bonds is 5. The number of hydrogen-bond acceptors (Lipinski definition) is 3. The maximum Gasteiger partial charge on any atom is 0.0798 e. The standard InChI is InChI=1S/C29H24NS.C15H18NSi.Ir/c1-3-9-20(10-4-1)22-17-18-30-26(19-22)24-16-15-23(21-11-5-2-6-12-21)28-25-13-7-8-14-27(25)31-29(24)28;1-12-10-14(13-8-6-5-7-9-13)16-11-15(12)17(2,3)4;/h2,5-8,11-15,17-20H,1,3-4,9-10H2;5-8,10-11H,1-4H3;/q2*-1;. The Bertz CT molecular complexity index is 2160. The molecule has 3 aromatic heterocycles. The molecule has 8 rings (SSSR count). The number of nitrogens with zero attached hydrogens (tertiary/aromatic N) is 2. The first kappa shape index (κ1) is 35.1. The third-order valence-corrected chi connectivity index (χ3v) is 12.9. The second-order valence-corrected chi connectivity index (χ2v) is 20.1. The summed E-state index contributed by atoms with van der Waals surface area (Å²) in [6.07, 6.45) is 10.7. The molecule has 0 spiro atoms. The Morgan fingerprint density at radius 2 is 1.53 bits per heavy atom. The van der Waals surface area contributed by atoms with Crippen LogP contribution in [0.2, 0.25) is 19.6 Å². The van der Waals surface area contributed by atoms with E-state index in [-0.39, 0.29) is 20.1 Å². The summed E-state index contributed by atoms with van der Waals surface area (Å²) in [5, 5.41) is 4.09. The first-order valence-electron chi connectivity index (χ1n) is 17.2. The molecule has 3 heterocycles. The molecule has 7 aromatic rings. The average molecular weight is 851 g/mol. The van der Waals surface area contributed by atoms with E-state index < -0.39 is 8.07 Å². The molecule has 5 heteroatoms. The molecule has 0 N–H and O–H groups in total. The van der Waals surface area contributed by atoms with E-state index in [4.69, 9.17) is 4.98 Å². The van der Waals surface area contributed by atoms with Gasteiger partial charge < -0.3 is 9.97 Å². The molecule has 1 fully saturated rings. The van der Waals surface area contributed by atoms with E-state index in [0.717, 1.165) is 22.5 Å². The Morgan fingerprint density at radius 3 is 2.27 bits per heavy atom. The predicted octanol–water partition coefficient (Wildman–Crippen LogP) is 12.0. The van der Waals surface area contributed by atoms with Crippen molar-refractivity contribution in [3.05, 3.63) is 139 Å². The van der Waals surface area contributed by atoms with Gasteiger partial charge in [-0.3, -0.25) is 0 Å². The molecule has 249 valence electrons. The van der Waals surface area contributed by atoms with E-state index in [9.17, 15) is 0 Å². The van der Waals surface area contributed by atoms with Crippen molar-refractivity contribution >= 4 is 44.8 Å². The molecule has 1 saturated carbocycles. The monoisotopic (exact) mass is 851 g/mol. The van der Waals surface area contributed by atoms with E-state index in [2.05, 4.69) is 135 Å². The number of aryl methyl sites for hydroxylation is 1. The summed E-state index contributed by atoms with van der Waals surface area (Å²) in [5.74, 6) is 0.678. The molecule has 0 unspecified atom stereocenters. The van der Waals surface area contributed by atoms with Crippen molar-refractivity contribution in [2.45, 2.75) is 64.6 Å². The fourth-order valence-electron chi connectivity index (χ4n) is 7.12. The van der Waals surface area contributed by atoms with Crippen molar-refractivity contribution in [1.82, 2.24) is 9.97 Å². The van der Waals surface area contributed by atoms with Gasteiger partial charge in [-0.1, -0.05) is 127 Å². The van der Waals surface area contributed by atoms with Gasteiger partial charge in [0.1, 0.15) is 0 Å². The third kappa shape index (κ3) is 7.71. The SMILES string of the molecule is Cc1cc(-c2[c-]cccc2)ncc1[Si](C)(C)C.[Ir].[c-]1cc(-c2ccccc2)c2c(sc3ccccc32)c1-c1cc(C2CCCCC2)ccn1. The summed E-state index contributed by atoms with van der Waals surface area (Å²) >= 11 is 1.86. The molecular weight excluding hydrogens is 809 g/mol. The number of benzene rings is 4. The summed E-state index contributed by atoms with van der Waals surface area (Å²) in [6, 6.07) is 43.2. The van der Waals surface area contributed by atoms with Crippen LogP contribution >= 0.6 is 11.3 Å². The van der Waals surface area contributed by atoms with Gasteiger partial charge in [-0.25, -0.2) is 0 Å². The van der Waals surface area contributed by atoms with Crippen LogP contribution in [0.3, 0.4) is 0 Å². The third-order valence-electron chi connectivity index (χ3n) is 9.56. The molecule has 1 aliphatic rings. The van der Waals surface area contributed by atoms with Gasteiger partial charge in [-0.05, 0) is 64.5 Å². The van der Waals surface area contributed by atoms with E-state index in [1.165, 1.54) is 79.7 Å². The maximum atomic E-state index is 4.80. The molecule has 0 bridgehead atoms. The summed E-state index contributed by atoms with van der Waals surface area (Å²) in [7, 11) is -1.27. The van der Waals surface area contributed by atoms with Crippen LogP contribution in [-0.2, 0) is 20.1 Å². The fraction of sp³-hybridized carbons (Fsp3) is 0.227. The number of aromatic nitrogens is 2. The van der Waals surface area contributed by atoms with Crippen LogP contribution in [0.5, 0.6) is 0 Å². The second-order valence-electron chi connectivity index (χ2n) is 14.0. The van der Waals surface area contributed by atoms with Crippen molar-refractivity contribution in [2.75, 3.05) is 0 Å². The molecule has 0 saturated heterocycles. The zero-order valence-electron chi connectivity index (χ0n) is 28.7. The van der Waals surface area contributed by atoms with Gasteiger partial charge in [0.2, 0.25) is 0 Å². The Morgan fingerprint density at radius 1 is 0.776 bits per heavy atom. The van der Waals surface area contributed by atoms with E-state index >= 15 is 0 Å². The maximum absolute atomic E-state index is 4.80. The summed E-state index contributed by atoms with van der Waals surface area (Å²) < 4.78 is 2.61. The van der Waals surface area contributed by atoms with Crippen LogP contribution in [0.25, 0.3) is 53.8 Å². The summed E-state index contributed by atoms with van der Waals surface area (Å²) in [5.41, 5.74) is 9.56. The van der Waals surface area contributed by atoms with Gasteiger partial charge in [0.15, 0.2) is 0 Å². The quantitative estimate of drug-likeness (QED) is 0.127. The van der Waals surface area contributed by atoms with Crippen LogP contribution < -0.4 is 5.19 Å². The van der Waals surface area contributed by atoms with Gasteiger partial charge >= 0.3 is 0 Å². The summed E-state index contributed by atoms with van der Waals surface area (Å²) in [4.78, 5) is 9.38. The van der Waals surface area contributed by atoms with Crippen molar-refractivity contribution in [3.63, 3.8) is 0 Å². The zero-order chi connectivity index (χ0) is 33.1. The van der Waals surface area contributed by atoms with Crippen LogP contribution in [0.1, 0.15) is 49.1 Å². The van der Waals surface area contributed by atoms with Crippen molar-refractivity contribution in [3.8, 4) is 33.6 Å². The molecular formula is C44H42IrN2SSi-2. The predicted molar refractivity (Wildman–Crippen MR) is 209 cm³/mol. The van der Waals surface area contributed by atoms with E-state index in [0.29, 0.717) is 5.92 Å². The Hall–Kier alpha value is -3.73. The first-order chi connectivity index (χ1) is 23.4. The topological polar surface area (TPSA) is 25.8 Å². The fourth-order valence-corrected chi connectivity index (χ4v) is 10.1. The molecule has 0 aliphatic heterocycles. The normalized spacial score (nSPS) is 13.5. The smallest absolute Gasteiger partial charge is 0.0798 e. The van der Waals surface area contributed by atoms with E-state index in [1.54, 1.807) is 0 Å². The Balaban J connectivity index is 0.000000198. The average Bonchev–Trinajstić information content (AvgIpc) is 3.52. The molecule has 1 radical (unpaired) electrons. The van der Waals surface area contributed by atoms with Crippen LogP contribution in [-0.4, -0.2) is 18.0 Å². The largest absolute Gasteiger partial charge is 0.305 e. The van der Waals surface area contributed by atoms with Gasteiger partial charge in [0.25, 0.3) is 0 Å². The van der Waals surface area contributed by atoms with E-state index in [1.807, 2.05) is 35.7 Å². The number of hydrogen-bond donors (Lipinski definition) is 0. The first-order valence-corrected chi connectivity index (χ1v) is 21.5. The van der Waals surface area contributed by atoms with Crippen LogP contribution in [0, 0.1) is 19.1 Å². The second kappa shape index (κ2) is 15.4. The minimum absolute atomic E-state index is 0. The molecule has 1 aliphatic carbocycles. The van der Waals surface area contributed by atoms with Gasteiger partial charge in [-0.2, -0.15) is 11.3 Å². The van der Waals surface area contributed by atoms with Crippen molar-refractivity contribution in [2.24, 2.45) is 0 Å². The number of fused-ring (bicyclic) bond motifs is 3. The van der Waals surface area contributed by atoms with Crippen LogP contribution in [0.4, 0.5) is 0 Å². The Labute approximate surface area is 310 Å². The zero-order valence-corrected chi connectivity index (χ0v) is 32.9. The van der Waals surface area contributed by atoms with Crippen molar-refractivity contribution in [1.29, 1.82) is 0 Å². The minimum Gasteiger partial charge on any atom is -0.305 e. The van der Waals surface area contributed by atoms with Gasteiger partial charge in [-0.15, -0.1) is 53.6 Å². The van der Waals surface area contributed by atoms with Crippen LogP contribution in [0.15, 0.2) is 116 Å². The van der Waals surface area contributed by atoms with Crippen molar-refractivity contribution < 1.29 is 20.1 Å². The Kier molecular flexibility index (Phi) is 11.1. The molecule has 0 amide bonds. The van der Waals surface area contributed by atoms with Gasteiger partial charge in [0.05, 0.1) is 8.07 Å². The molecule has 4 aromatic carbocycles. The summed E-state index contributed by atoms with van der Waals surface area (Å²) in [6.45, 7) is 9.24. The number of pyridine rings is 2.